The zero-order valence-corrected chi connectivity index (χ0v) is 16.7. The van der Waals surface area contributed by atoms with Crippen LogP contribution in [0.3, 0.4) is 0 Å². The van der Waals surface area contributed by atoms with Crippen LogP contribution >= 0.6 is 0 Å². The van der Waals surface area contributed by atoms with Crippen LogP contribution in [0.15, 0.2) is 12.2 Å². The summed E-state index contributed by atoms with van der Waals surface area (Å²) in [6.07, 6.45) is 3.88. The molecule has 2 unspecified atom stereocenters. The summed E-state index contributed by atoms with van der Waals surface area (Å²) in [7, 11) is -7.58. The van der Waals surface area contributed by atoms with Crippen molar-refractivity contribution in [3.05, 3.63) is 12.2 Å². The van der Waals surface area contributed by atoms with Crippen LogP contribution in [0.2, 0.25) is 0 Å². The highest BCUT2D eigenvalue weighted by Gasteiger charge is 2.68. The molecule has 4 saturated carbocycles. The first-order valence-electron chi connectivity index (χ1n) is 8.35. The third-order valence-corrected chi connectivity index (χ3v) is 6.54. The maximum absolute atomic E-state index is 12.2. The van der Waals surface area contributed by atoms with Gasteiger partial charge in [-0.2, -0.15) is 16.8 Å². The van der Waals surface area contributed by atoms with Crippen molar-refractivity contribution in [3.63, 3.8) is 0 Å². The third kappa shape index (κ3) is 3.97. The van der Waals surface area contributed by atoms with Gasteiger partial charge in [-0.15, -0.1) is 0 Å². The molecule has 4 bridgehead atoms. The van der Waals surface area contributed by atoms with Gasteiger partial charge in [0, 0.05) is 24.8 Å². The Labute approximate surface area is 154 Å². The Morgan fingerprint density at radius 2 is 1.27 bits per heavy atom. The Morgan fingerprint density at radius 3 is 1.65 bits per heavy atom. The molecule has 0 amide bonds. The van der Waals surface area contributed by atoms with E-state index in [0.29, 0.717) is 19.3 Å². The maximum atomic E-state index is 12.2. The number of hydrogen-bond acceptors (Lipinski definition) is 8. The summed E-state index contributed by atoms with van der Waals surface area (Å²) >= 11 is 0. The number of rotatable bonds is 6. The number of esters is 1. The Hall–Kier alpha value is -0.970. The monoisotopic (exact) mass is 408 g/mol. The molecule has 4 aliphatic carbocycles. The molecule has 10 heteroatoms. The molecular weight excluding hydrogens is 384 g/mol. The van der Waals surface area contributed by atoms with Crippen molar-refractivity contribution in [2.24, 2.45) is 5.92 Å². The molecule has 4 fully saturated rings. The van der Waals surface area contributed by atoms with Crippen molar-refractivity contribution < 1.29 is 34.7 Å². The fraction of sp³-hybridized carbons (Fsp3) is 0.812. The van der Waals surface area contributed by atoms with Crippen molar-refractivity contribution in [2.75, 3.05) is 12.5 Å². The van der Waals surface area contributed by atoms with E-state index in [4.69, 9.17) is 13.1 Å². The normalized spacial score (nSPS) is 39.0. The van der Waals surface area contributed by atoms with Gasteiger partial charge >= 0.3 is 5.97 Å². The number of carbonyl (C=O) groups excluding carboxylic acids is 1. The molecule has 0 heterocycles. The third-order valence-electron chi connectivity index (χ3n) is 5.23. The molecule has 0 aromatic carbocycles. The lowest BCUT2D eigenvalue weighted by Gasteiger charge is -2.63. The molecule has 0 radical (unpaired) electrons. The van der Waals surface area contributed by atoms with Crippen LogP contribution in [-0.4, -0.2) is 52.1 Å². The fourth-order valence-electron chi connectivity index (χ4n) is 5.40. The summed E-state index contributed by atoms with van der Waals surface area (Å²) in [6, 6.07) is 0. The summed E-state index contributed by atoms with van der Waals surface area (Å²) in [5.41, 5.74) is -3.07. The van der Waals surface area contributed by atoms with Gasteiger partial charge in [0.1, 0.15) is 5.60 Å². The zero-order valence-electron chi connectivity index (χ0n) is 15.1. The van der Waals surface area contributed by atoms with E-state index in [1.54, 1.807) is 0 Å². The number of hydrogen-bond donors (Lipinski definition) is 0. The molecule has 4 rings (SSSR count). The van der Waals surface area contributed by atoms with Crippen molar-refractivity contribution in [3.8, 4) is 0 Å². The number of ether oxygens (including phenoxy) is 1. The van der Waals surface area contributed by atoms with E-state index < -0.39 is 43.0 Å². The van der Waals surface area contributed by atoms with Gasteiger partial charge in [-0.05, 0) is 32.1 Å². The lowest BCUT2D eigenvalue weighted by Crippen LogP contribution is -2.68. The van der Waals surface area contributed by atoms with Crippen molar-refractivity contribution >= 4 is 26.2 Å². The fourth-order valence-corrected chi connectivity index (χ4v) is 7.06. The SMILES string of the molecule is C=C(C)C(=O)OC12CC3CC(OS(C)(=O)=O)(C1)CC(OS(C)(=O)=O)(C3)C2. The van der Waals surface area contributed by atoms with E-state index in [1.807, 2.05) is 0 Å². The van der Waals surface area contributed by atoms with E-state index in [9.17, 15) is 21.6 Å². The highest BCUT2D eigenvalue weighted by atomic mass is 32.2. The molecule has 4 aliphatic rings. The van der Waals surface area contributed by atoms with Crippen LogP contribution < -0.4 is 0 Å². The van der Waals surface area contributed by atoms with Gasteiger partial charge in [-0.3, -0.25) is 8.37 Å². The molecule has 0 N–H and O–H groups in total. The van der Waals surface area contributed by atoms with Crippen LogP contribution in [0.1, 0.15) is 45.4 Å². The second-order valence-electron chi connectivity index (χ2n) is 8.30. The second-order valence-corrected chi connectivity index (χ2v) is 11.5. The molecule has 26 heavy (non-hydrogen) atoms. The second kappa shape index (κ2) is 5.76. The van der Waals surface area contributed by atoms with E-state index in [2.05, 4.69) is 6.58 Å². The molecule has 0 aromatic heterocycles. The summed E-state index contributed by atoms with van der Waals surface area (Å²) in [5.74, 6) is -0.649. The van der Waals surface area contributed by atoms with Crippen molar-refractivity contribution in [1.29, 1.82) is 0 Å². The highest BCUT2D eigenvalue weighted by molar-refractivity contribution is 7.86. The average Bonchev–Trinajstić information content (AvgIpc) is 2.29. The van der Waals surface area contributed by atoms with Gasteiger partial charge in [-0.25, -0.2) is 4.79 Å². The molecule has 148 valence electrons. The summed E-state index contributed by atoms with van der Waals surface area (Å²) < 4.78 is 63.9. The van der Waals surface area contributed by atoms with Crippen LogP contribution in [0.4, 0.5) is 0 Å². The molecular formula is C16H24O8S2. The molecule has 0 saturated heterocycles. The Balaban J connectivity index is 2.03. The van der Waals surface area contributed by atoms with E-state index >= 15 is 0 Å². The van der Waals surface area contributed by atoms with Crippen LogP contribution in [0.25, 0.3) is 0 Å². The lowest BCUT2D eigenvalue weighted by atomic mass is 9.50. The minimum atomic E-state index is -3.79. The summed E-state index contributed by atoms with van der Waals surface area (Å²) in [6.45, 7) is 5.10. The Bertz CT molecular complexity index is 807. The quantitative estimate of drug-likeness (QED) is 0.367. The predicted molar refractivity (Wildman–Crippen MR) is 92.1 cm³/mol. The first-order valence-corrected chi connectivity index (χ1v) is 12.0. The van der Waals surface area contributed by atoms with E-state index in [0.717, 1.165) is 12.5 Å². The summed E-state index contributed by atoms with van der Waals surface area (Å²) in [4.78, 5) is 12.2. The largest absolute Gasteiger partial charge is 0.455 e. The first-order chi connectivity index (χ1) is 11.6. The van der Waals surface area contributed by atoms with Gasteiger partial charge < -0.3 is 4.74 Å². The number of carbonyl (C=O) groups is 1. The van der Waals surface area contributed by atoms with Crippen molar-refractivity contribution in [1.82, 2.24) is 0 Å². The highest BCUT2D eigenvalue weighted by Crippen LogP contribution is 2.63. The van der Waals surface area contributed by atoms with Gasteiger partial charge in [-0.1, -0.05) is 6.58 Å². The first kappa shape index (κ1) is 19.8. The van der Waals surface area contributed by atoms with Crippen LogP contribution in [0, 0.1) is 5.92 Å². The van der Waals surface area contributed by atoms with Crippen molar-refractivity contribution in [2.45, 2.75) is 62.3 Å². The van der Waals surface area contributed by atoms with Crippen LogP contribution in [0.5, 0.6) is 0 Å². The summed E-state index contributed by atoms with van der Waals surface area (Å²) in [5, 5.41) is 0. The lowest BCUT2D eigenvalue weighted by molar-refractivity contribution is -0.244. The van der Waals surface area contributed by atoms with Crippen LogP contribution in [-0.2, 0) is 38.1 Å². The van der Waals surface area contributed by atoms with Gasteiger partial charge in [0.15, 0.2) is 0 Å². The molecule has 0 spiro atoms. The standard InChI is InChI=1S/C16H24O8S2/c1-11(2)13(17)22-14-5-12-6-15(8-14,23-25(3,18)19)10-16(7-12,9-14)24-26(4,20)21/h12H,1,5-10H2,2-4H3. The van der Waals surface area contributed by atoms with Gasteiger partial charge in [0.2, 0.25) is 0 Å². The molecule has 0 aromatic rings. The zero-order chi connectivity index (χ0) is 19.6. The minimum Gasteiger partial charge on any atom is -0.455 e. The topological polar surface area (TPSA) is 113 Å². The van der Waals surface area contributed by atoms with Gasteiger partial charge in [0.05, 0.1) is 23.7 Å². The molecule has 2 atom stereocenters. The van der Waals surface area contributed by atoms with Gasteiger partial charge in [0.25, 0.3) is 20.2 Å². The predicted octanol–water partition coefficient (Wildman–Crippen LogP) is 1.27. The smallest absolute Gasteiger partial charge is 0.333 e. The molecule has 8 nitrogen and oxygen atoms in total. The molecule has 0 aliphatic heterocycles. The van der Waals surface area contributed by atoms with E-state index in [-0.39, 0.29) is 30.8 Å². The maximum Gasteiger partial charge on any atom is 0.333 e. The van der Waals surface area contributed by atoms with E-state index in [1.165, 1.54) is 6.92 Å². The Kier molecular flexibility index (Phi) is 4.38. The minimum absolute atomic E-state index is 0.0623. The average molecular weight is 408 g/mol. The Morgan fingerprint density at radius 1 is 0.885 bits per heavy atom.